The summed E-state index contributed by atoms with van der Waals surface area (Å²) in [6, 6.07) is 0. The Hall–Kier alpha value is -1.18. The molecule has 1 aromatic heterocycles. The maximum Gasteiger partial charge on any atom is 0.191 e. The van der Waals surface area contributed by atoms with E-state index in [9.17, 15) is 0 Å². The van der Waals surface area contributed by atoms with E-state index in [1.54, 1.807) is 11.3 Å². The molecule has 2 atom stereocenters. The highest BCUT2D eigenvalue weighted by Gasteiger charge is 2.33. The predicted molar refractivity (Wildman–Crippen MR) is 110 cm³/mol. The summed E-state index contributed by atoms with van der Waals surface area (Å²) in [5.41, 5.74) is 1.18. The lowest BCUT2D eigenvalue weighted by atomic mass is 10.00. The number of morpholine rings is 1. The number of aliphatic imine (C=N–C) groups is 1. The quantitative estimate of drug-likeness (QED) is 0.585. The fourth-order valence-corrected chi connectivity index (χ4v) is 4.17. The molecule has 1 fully saturated rings. The van der Waals surface area contributed by atoms with Crippen LogP contribution in [0.5, 0.6) is 0 Å². The Morgan fingerprint density at radius 1 is 1.27 bits per heavy atom. The number of guanidine groups is 1. The van der Waals surface area contributed by atoms with Crippen molar-refractivity contribution in [2.45, 2.75) is 65.7 Å². The number of rotatable bonds is 6. The molecule has 1 aliphatic rings. The van der Waals surface area contributed by atoms with Crippen molar-refractivity contribution in [1.82, 2.24) is 20.5 Å². The molecule has 6 nitrogen and oxygen atoms in total. The largest absolute Gasteiger partial charge is 0.373 e. The minimum absolute atomic E-state index is 0.0352. The maximum absolute atomic E-state index is 5.86. The lowest BCUT2D eigenvalue weighted by Crippen LogP contribution is -2.59. The van der Waals surface area contributed by atoms with Crippen LogP contribution in [0.3, 0.4) is 0 Å². The zero-order valence-corrected chi connectivity index (χ0v) is 18.2. The van der Waals surface area contributed by atoms with Crippen molar-refractivity contribution in [3.05, 3.63) is 15.6 Å². The van der Waals surface area contributed by atoms with Crippen molar-refractivity contribution >= 4 is 17.3 Å². The molecule has 1 saturated heterocycles. The van der Waals surface area contributed by atoms with Gasteiger partial charge in [-0.05, 0) is 41.5 Å². The van der Waals surface area contributed by atoms with E-state index in [2.05, 4.69) is 67.1 Å². The van der Waals surface area contributed by atoms with Gasteiger partial charge >= 0.3 is 0 Å². The van der Waals surface area contributed by atoms with Crippen molar-refractivity contribution in [2.24, 2.45) is 4.99 Å². The van der Waals surface area contributed by atoms with Crippen LogP contribution in [0.1, 0.15) is 43.3 Å². The summed E-state index contributed by atoms with van der Waals surface area (Å²) in [6.45, 7) is 16.6. The third-order valence-corrected chi connectivity index (χ3v) is 6.02. The fraction of sp³-hybridized carbons (Fsp3) is 0.789. The van der Waals surface area contributed by atoms with E-state index in [0.29, 0.717) is 0 Å². The number of nitrogens with one attached hydrogen (secondary N) is 2. The third-order valence-electron chi connectivity index (χ3n) is 4.89. The van der Waals surface area contributed by atoms with E-state index in [-0.39, 0.29) is 17.7 Å². The lowest BCUT2D eigenvalue weighted by molar-refractivity contribution is -0.0946. The van der Waals surface area contributed by atoms with Crippen LogP contribution in [0, 0.1) is 13.8 Å². The van der Waals surface area contributed by atoms with Gasteiger partial charge in [0.25, 0.3) is 0 Å². The molecule has 0 aliphatic carbocycles. The van der Waals surface area contributed by atoms with Gasteiger partial charge in [0, 0.05) is 50.1 Å². The molecular weight excluding hydrogens is 346 g/mol. The average Bonchev–Trinajstić information content (AvgIpc) is 2.88. The van der Waals surface area contributed by atoms with E-state index in [4.69, 9.17) is 4.74 Å². The van der Waals surface area contributed by atoms with Crippen molar-refractivity contribution in [3.63, 3.8) is 0 Å². The Bertz CT molecular complexity index is 584. The first kappa shape index (κ1) is 21.1. The third kappa shape index (κ3) is 5.93. The molecule has 26 heavy (non-hydrogen) atoms. The molecule has 2 rings (SSSR count). The second-order valence-corrected chi connectivity index (χ2v) is 9.11. The molecule has 0 saturated carbocycles. The Kier molecular flexibility index (Phi) is 7.43. The smallest absolute Gasteiger partial charge is 0.191 e. The van der Waals surface area contributed by atoms with E-state index < -0.39 is 0 Å². The Morgan fingerprint density at radius 3 is 2.46 bits per heavy atom. The second kappa shape index (κ2) is 9.15. The van der Waals surface area contributed by atoms with Gasteiger partial charge in [-0.25, -0.2) is 4.98 Å². The average molecular weight is 382 g/mol. The standard InChI is InChI=1S/C19H35N5OS/c1-13-10-24(11-14(2)25-13)19(5,6)12-22-18(20-7)21-9-8-17-23-15(3)16(4)26-17/h13-14H,8-12H2,1-7H3,(H2,20,21,22). The van der Waals surface area contributed by atoms with Crippen LogP contribution in [0.2, 0.25) is 0 Å². The van der Waals surface area contributed by atoms with Crippen molar-refractivity contribution in [2.75, 3.05) is 33.2 Å². The van der Waals surface area contributed by atoms with Crippen LogP contribution in [0.4, 0.5) is 0 Å². The molecule has 0 amide bonds. The van der Waals surface area contributed by atoms with Crippen LogP contribution >= 0.6 is 11.3 Å². The Balaban J connectivity index is 1.79. The summed E-state index contributed by atoms with van der Waals surface area (Å²) in [5, 5.41) is 8.06. The molecule has 2 N–H and O–H groups in total. The zero-order valence-electron chi connectivity index (χ0n) is 17.3. The van der Waals surface area contributed by atoms with Crippen molar-refractivity contribution in [3.8, 4) is 0 Å². The first-order valence-electron chi connectivity index (χ1n) is 9.49. The van der Waals surface area contributed by atoms with E-state index in [1.807, 2.05) is 7.05 Å². The Morgan fingerprint density at radius 2 is 1.92 bits per heavy atom. The number of ether oxygens (including phenoxy) is 1. The number of thiazole rings is 1. The van der Waals surface area contributed by atoms with Crippen LogP contribution < -0.4 is 10.6 Å². The first-order valence-corrected chi connectivity index (χ1v) is 10.3. The molecule has 2 unspecified atom stereocenters. The molecule has 2 heterocycles. The predicted octanol–water partition coefficient (Wildman–Crippen LogP) is 2.36. The van der Waals surface area contributed by atoms with Gasteiger partial charge < -0.3 is 15.4 Å². The molecule has 1 aliphatic heterocycles. The first-order chi connectivity index (χ1) is 12.2. The fourth-order valence-electron chi connectivity index (χ4n) is 3.24. The lowest BCUT2D eigenvalue weighted by Gasteiger charge is -2.45. The monoisotopic (exact) mass is 381 g/mol. The SMILES string of the molecule is CN=C(NCCc1nc(C)c(C)s1)NCC(C)(C)N1CC(C)OC(C)C1. The normalized spacial score (nSPS) is 22.5. The van der Waals surface area contributed by atoms with Crippen molar-refractivity contribution in [1.29, 1.82) is 0 Å². The van der Waals surface area contributed by atoms with Gasteiger partial charge in [-0.2, -0.15) is 0 Å². The topological polar surface area (TPSA) is 61.8 Å². The molecular formula is C19H35N5OS. The molecule has 1 aromatic rings. The van der Waals surface area contributed by atoms with Crippen LogP contribution in [-0.4, -0.2) is 66.8 Å². The van der Waals surface area contributed by atoms with E-state index in [1.165, 1.54) is 9.88 Å². The number of aromatic nitrogens is 1. The van der Waals surface area contributed by atoms with Crippen LogP contribution in [0.15, 0.2) is 4.99 Å². The van der Waals surface area contributed by atoms with Gasteiger partial charge in [-0.3, -0.25) is 9.89 Å². The van der Waals surface area contributed by atoms with Gasteiger partial charge in [0.2, 0.25) is 0 Å². The molecule has 7 heteroatoms. The molecule has 148 valence electrons. The molecule has 0 spiro atoms. The summed E-state index contributed by atoms with van der Waals surface area (Å²) in [7, 11) is 1.82. The van der Waals surface area contributed by atoms with Gasteiger partial charge in [0.05, 0.1) is 22.9 Å². The summed E-state index contributed by atoms with van der Waals surface area (Å²) in [5.74, 6) is 0.845. The second-order valence-electron chi connectivity index (χ2n) is 7.83. The summed E-state index contributed by atoms with van der Waals surface area (Å²) < 4.78 is 5.86. The van der Waals surface area contributed by atoms with E-state index in [0.717, 1.165) is 44.3 Å². The van der Waals surface area contributed by atoms with Gasteiger partial charge in [-0.1, -0.05) is 0 Å². The molecule has 0 aromatic carbocycles. The maximum atomic E-state index is 5.86. The molecule has 0 radical (unpaired) electrons. The van der Waals surface area contributed by atoms with Gasteiger partial charge in [0.15, 0.2) is 5.96 Å². The number of hydrogen-bond donors (Lipinski definition) is 2. The highest BCUT2D eigenvalue weighted by atomic mass is 32.1. The van der Waals surface area contributed by atoms with E-state index >= 15 is 0 Å². The van der Waals surface area contributed by atoms with Crippen LogP contribution in [-0.2, 0) is 11.2 Å². The van der Waals surface area contributed by atoms with Crippen molar-refractivity contribution < 1.29 is 4.74 Å². The summed E-state index contributed by atoms with van der Waals surface area (Å²) in [6.07, 6.45) is 1.48. The van der Waals surface area contributed by atoms with Crippen LogP contribution in [0.25, 0.3) is 0 Å². The number of aryl methyl sites for hydroxylation is 2. The minimum Gasteiger partial charge on any atom is -0.373 e. The zero-order chi connectivity index (χ0) is 19.3. The highest BCUT2D eigenvalue weighted by molar-refractivity contribution is 7.11. The summed E-state index contributed by atoms with van der Waals surface area (Å²) in [4.78, 5) is 12.8. The van der Waals surface area contributed by atoms with Gasteiger partial charge in [0.1, 0.15) is 0 Å². The van der Waals surface area contributed by atoms with Gasteiger partial charge in [-0.15, -0.1) is 11.3 Å². The number of hydrogen-bond acceptors (Lipinski definition) is 5. The highest BCUT2D eigenvalue weighted by Crippen LogP contribution is 2.20. The number of nitrogens with zero attached hydrogens (tertiary/aromatic N) is 3. The minimum atomic E-state index is 0.0352. The summed E-state index contributed by atoms with van der Waals surface area (Å²) >= 11 is 1.78. The molecule has 0 bridgehead atoms. The Labute approximate surface area is 162 Å².